The second-order valence-corrected chi connectivity index (χ2v) is 6.67. The third-order valence-electron chi connectivity index (χ3n) is 3.38. The summed E-state index contributed by atoms with van der Waals surface area (Å²) < 4.78 is 27.3. The zero-order valence-electron chi connectivity index (χ0n) is 12.3. The van der Waals surface area contributed by atoms with Crippen LogP contribution in [-0.4, -0.2) is 24.5 Å². The molecular weight excluding hydrogens is 330 g/mol. The number of nitrogens with one attached hydrogen (secondary N) is 2. The molecule has 0 fully saturated rings. The van der Waals surface area contributed by atoms with Crippen LogP contribution in [0.5, 0.6) is 0 Å². The highest BCUT2D eigenvalue weighted by Crippen LogP contribution is 2.19. The summed E-state index contributed by atoms with van der Waals surface area (Å²) in [6.07, 6.45) is 1.29. The van der Waals surface area contributed by atoms with Gasteiger partial charge in [-0.2, -0.15) is 0 Å². The van der Waals surface area contributed by atoms with E-state index in [0.29, 0.717) is 5.52 Å². The van der Waals surface area contributed by atoms with Crippen LogP contribution in [0.25, 0.3) is 10.9 Å². The van der Waals surface area contributed by atoms with Crippen LogP contribution in [0.4, 0.5) is 5.69 Å². The molecule has 3 N–H and O–H groups in total. The minimum atomic E-state index is -3.81. The van der Waals surface area contributed by atoms with Crippen LogP contribution in [0.2, 0.25) is 0 Å². The number of amides is 1. The first kappa shape index (κ1) is 15.9. The normalized spacial score (nSPS) is 11.2. The molecular formula is C16H13N3O4S. The van der Waals surface area contributed by atoms with Crippen molar-refractivity contribution in [3.8, 4) is 0 Å². The van der Waals surface area contributed by atoms with Gasteiger partial charge in [-0.3, -0.25) is 19.7 Å². The molecule has 0 bridgehead atoms. The van der Waals surface area contributed by atoms with Crippen LogP contribution < -0.4 is 10.2 Å². The second kappa shape index (κ2) is 6.26. The van der Waals surface area contributed by atoms with Gasteiger partial charge in [0.1, 0.15) is 4.90 Å². The minimum Gasteiger partial charge on any atom is -0.288 e. The summed E-state index contributed by atoms with van der Waals surface area (Å²) in [4.78, 5) is 15.4. The van der Waals surface area contributed by atoms with Gasteiger partial charge in [0.25, 0.3) is 15.9 Å². The topological polar surface area (TPSA) is 108 Å². The molecule has 1 aromatic heterocycles. The Morgan fingerprint density at radius 3 is 2.46 bits per heavy atom. The summed E-state index contributed by atoms with van der Waals surface area (Å²) in [6, 6.07) is 14.4. The summed E-state index contributed by atoms with van der Waals surface area (Å²) in [5, 5.41) is 9.28. The molecule has 0 aliphatic rings. The van der Waals surface area contributed by atoms with Gasteiger partial charge in [-0.25, -0.2) is 13.9 Å². The van der Waals surface area contributed by atoms with Crippen molar-refractivity contribution in [2.24, 2.45) is 0 Å². The number of benzene rings is 2. The van der Waals surface area contributed by atoms with Gasteiger partial charge < -0.3 is 0 Å². The molecule has 0 unspecified atom stereocenters. The van der Waals surface area contributed by atoms with Crippen molar-refractivity contribution in [1.29, 1.82) is 0 Å². The number of pyridine rings is 1. The minimum absolute atomic E-state index is 0.0402. The Labute approximate surface area is 138 Å². The highest BCUT2D eigenvalue weighted by Gasteiger charge is 2.15. The van der Waals surface area contributed by atoms with E-state index in [2.05, 4.69) is 9.71 Å². The van der Waals surface area contributed by atoms with Crippen LogP contribution in [0.3, 0.4) is 0 Å². The van der Waals surface area contributed by atoms with Crippen molar-refractivity contribution in [1.82, 2.24) is 10.5 Å². The van der Waals surface area contributed by atoms with Gasteiger partial charge in [0.2, 0.25) is 0 Å². The number of anilines is 1. The fraction of sp³-hybridized carbons (Fsp3) is 0. The fourth-order valence-electron chi connectivity index (χ4n) is 2.17. The van der Waals surface area contributed by atoms with E-state index in [0.717, 1.165) is 5.39 Å². The molecule has 122 valence electrons. The lowest BCUT2D eigenvalue weighted by Gasteiger charge is -2.09. The zero-order valence-corrected chi connectivity index (χ0v) is 13.1. The number of carbonyl (C=O) groups is 1. The van der Waals surface area contributed by atoms with Gasteiger partial charge in [-0.05, 0) is 36.4 Å². The van der Waals surface area contributed by atoms with Gasteiger partial charge in [-0.1, -0.05) is 18.2 Å². The Kier molecular flexibility index (Phi) is 4.15. The van der Waals surface area contributed by atoms with Gasteiger partial charge in [0, 0.05) is 22.8 Å². The van der Waals surface area contributed by atoms with Crippen molar-refractivity contribution in [3.05, 3.63) is 66.4 Å². The third kappa shape index (κ3) is 3.19. The Morgan fingerprint density at radius 2 is 1.75 bits per heavy atom. The number of aromatic nitrogens is 1. The second-order valence-electron chi connectivity index (χ2n) is 4.99. The number of carbonyl (C=O) groups excluding carboxylic acids is 1. The van der Waals surface area contributed by atoms with Crippen molar-refractivity contribution in [3.63, 3.8) is 0 Å². The maximum Gasteiger partial charge on any atom is 0.274 e. The van der Waals surface area contributed by atoms with Crippen molar-refractivity contribution in [2.75, 3.05) is 4.72 Å². The highest BCUT2D eigenvalue weighted by atomic mass is 32.2. The molecule has 0 saturated heterocycles. The lowest BCUT2D eigenvalue weighted by molar-refractivity contribution is 0.0706. The van der Waals surface area contributed by atoms with Gasteiger partial charge >= 0.3 is 0 Å². The molecule has 1 amide bonds. The lowest BCUT2D eigenvalue weighted by atomic mass is 10.2. The van der Waals surface area contributed by atoms with E-state index in [9.17, 15) is 13.2 Å². The standard InChI is InChI=1S/C16H13N3O4S/c20-16(18-21)11-5-7-13(8-6-11)19-24(22,23)14-9-12-3-1-2-4-15(12)17-10-14/h1-10,19,21H,(H,18,20). The summed E-state index contributed by atoms with van der Waals surface area (Å²) in [5.74, 6) is -0.678. The average Bonchev–Trinajstić information content (AvgIpc) is 2.61. The number of sulfonamides is 1. The van der Waals surface area contributed by atoms with Crippen LogP contribution in [0.15, 0.2) is 65.7 Å². The summed E-state index contributed by atoms with van der Waals surface area (Å²) in [5.41, 5.74) is 2.70. The highest BCUT2D eigenvalue weighted by molar-refractivity contribution is 7.92. The quantitative estimate of drug-likeness (QED) is 0.497. The van der Waals surface area contributed by atoms with E-state index in [1.54, 1.807) is 18.2 Å². The predicted octanol–water partition coefficient (Wildman–Crippen LogP) is 2.15. The maximum absolute atomic E-state index is 12.4. The lowest BCUT2D eigenvalue weighted by Crippen LogP contribution is -2.18. The largest absolute Gasteiger partial charge is 0.288 e. The number of para-hydroxylation sites is 1. The number of rotatable bonds is 4. The number of nitrogens with zero attached hydrogens (tertiary/aromatic N) is 1. The van der Waals surface area contributed by atoms with Gasteiger partial charge in [0.05, 0.1) is 5.52 Å². The monoisotopic (exact) mass is 343 g/mol. The fourth-order valence-corrected chi connectivity index (χ4v) is 3.20. The number of hydrogen-bond donors (Lipinski definition) is 3. The molecule has 24 heavy (non-hydrogen) atoms. The summed E-state index contributed by atoms with van der Waals surface area (Å²) in [7, 11) is -3.81. The van der Waals surface area contributed by atoms with Crippen molar-refractivity contribution in [2.45, 2.75) is 4.90 Å². The summed E-state index contributed by atoms with van der Waals surface area (Å²) >= 11 is 0. The third-order valence-corrected chi connectivity index (χ3v) is 4.72. The van der Waals surface area contributed by atoms with E-state index in [-0.39, 0.29) is 16.1 Å². The molecule has 0 radical (unpaired) electrons. The van der Waals surface area contributed by atoms with E-state index >= 15 is 0 Å². The first-order valence-corrected chi connectivity index (χ1v) is 8.40. The SMILES string of the molecule is O=C(NO)c1ccc(NS(=O)(=O)c2cnc3ccccc3c2)cc1. The average molecular weight is 343 g/mol. The number of fused-ring (bicyclic) bond motifs is 1. The van der Waals surface area contributed by atoms with Crippen LogP contribution in [-0.2, 0) is 10.0 Å². The van der Waals surface area contributed by atoms with Crippen LogP contribution in [0, 0.1) is 0 Å². The Balaban J connectivity index is 1.88. The molecule has 0 atom stereocenters. The molecule has 7 nitrogen and oxygen atoms in total. The molecule has 8 heteroatoms. The van der Waals surface area contributed by atoms with E-state index < -0.39 is 15.9 Å². The maximum atomic E-state index is 12.4. The van der Waals surface area contributed by atoms with Gasteiger partial charge in [-0.15, -0.1) is 0 Å². The van der Waals surface area contributed by atoms with E-state index in [1.807, 2.05) is 6.07 Å². The molecule has 0 aliphatic heterocycles. The van der Waals surface area contributed by atoms with Crippen molar-refractivity contribution >= 4 is 32.5 Å². The smallest absolute Gasteiger partial charge is 0.274 e. The molecule has 0 aliphatic carbocycles. The Hall–Kier alpha value is -2.97. The zero-order chi connectivity index (χ0) is 17.2. The predicted molar refractivity (Wildman–Crippen MR) is 88.2 cm³/mol. The number of hydroxylamine groups is 1. The van der Waals surface area contributed by atoms with E-state index in [1.165, 1.54) is 42.0 Å². The van der Waals surface area contributed by atoms with Crippen LogP contribution in [0.1, 0.15) is 10.4 Å². The van der Waals surface area contributed by atoms with Gasteiger partial charge in [0.15, 0.2) is 0 Å². The molecule has 0 saturated carbocycles. The first-order chi connectivity index (χ1) is 11.5. The molecule has 0 spiro atoms. The Bertz CT molecular complexity index is 1000. The summed E-state index contributed by atoms with van der Waals surface area (Å²) in [6.45, 7) is 0. The number of hydrogen-bond acceptors (Lipinski definition) is 5. The van der Waals surface area contributed by atoms with Crippen LogP contribution >= 0.6 is 0 Å². The Morgan fingerprint density at radius 1 is 1.04 bits per heavy atom. The molecule has 2 aromatic carbocycles. The molecule has 3 rings (SSSR count). The van der Waals surface area contributed by atoms with E-state index in [4.69, 9.17) is 5.21 Å². The first-order valence-electron chi connectivity index (χ1n) is 6.92. The van der Waals surface area contributed by atoms with Crippen molar-refractivity contribution < 1.29 is 18.4 Å². The molecule has 3 aromatic rings. The molecule has 1 heterocycles.